The summed E-state index contributed by atoms with van der Waals surface area (Å²) in [4.78, 5) is 7.30. The van der Waals surface area contributed by atoms with Gasteiger partial charge in [0.2, 0.25) is 10.0 Å². The van der Waals surface area contributed by atoms with E-state index in [-0.39, 0.29) is 0 Å². The van der Waals surface area contributed by atoms with Crippen molar-refractivity contribution in [2.45, 2.75) is 4.90 Å². The van der Waals surface area contributed by atoms with Gasteiger partial charge in [0.15, 0.2) is 5.82 Å². The van der Waals surface area contributed by atoms with Gasteiger partial charge in [-0.25, -0.2) is 27.9 Å². The molecule has 0 saturated heterocycles. The number of hydrogen-bond acceptors (Lipinski definition) is 4. The van der Waals surface area contributed by atoms with E-state index in [9.17, 15) is 12.8 Å². The molecule has 88 valence electrons. The second kappa shape index (κ2) is 4.19. The van der Waals surface area contributed by atoms with Gasteiger partial charge < -0.3 is 0 Å². The number of nitrogens with two attached hydrogens (primary N) is 1. The fourth-order valence-electron chi connectivity index (χ4n) is 1.31. The van der Waals surface area contributed by atoms with Crippen molar-refractivity contribution in [2.24, 2.45) is 5.14 Å². The van der Waals surface area contributed by atoms with E-state index < -0.39 is 20.7 Å². The van der Waals surface area contributed by atoms with E-state index in [2.05, 4.69) is 9.97 Å². The van der Waals surface area contributed by atoms with Crippen molar-refractivity contribution in [2.75, 3.05) is 0 Å². The van der Waals surface area contributed by atoms with Crippen LogP contribution < -0.4 is 5.14 Å². The van der Waals surface area contributed by atoms with Crippen LogP contribution in [0.4, 0.5) is 4.39 Å². The first-order chi connectivity index (χ1) is 7.98. The zero-order chi connectivity index (χ0) is 12.5. The Morgan fingerprint density at radius 1 is 1.18 bits per heavy atom. The molecule has 0 radical (unpaired) electrons. The first-order valence-corrected chi connectivity index (χ1v) is 6.13. The average Bonchev–Trinajstić information content (AvgIpc) is 2.29. The predicted octanol–water partition coefficient (Wildman–Crippen LogP) is 0.930. The summed E-state index contributed by atoms with van der Waals surface area (Å²) in [6.07, 6.45) is 3.00. The maximum Gasteiger partial charge on any atom is 0.240 e. The molecule has 0 atom stereocenters. The number of aromatic nitrogens is 2. The highest BCUT2D eigenvalue weighted by molar-refractivity contribution is 7.89. The molecule has 2 N–H and O–H groups in total. The van der Waals surface area contributed by atoms with E-state index in [0.29, 0.717) is 11.4 Å². The van der Waals surface area contributed by atoms with Crippen LogP contribution in [0.3, 0.4) is 0 Å². The van der Waals surface area contributed by atoms with Gasteiger partial charge in [-0.1, -0.05) is 0 Å². The molecule has 0 saturated carbocycles. The van der Waals surface area contributed by atoms with Crippen LogP contribution in [0.5, 0.6) is 0 Å². The van der Waals surface area contributed by atoms with Crippen molar-refractivity contribution in [3.05, 3.63) is 42.5 Å². The van der Waals surface area contributed by atoms with Gasteiger partial charge in [-0.3, -0.25) is 0 Å². The highest BCUT2D eigenvalue weighted by Gasteiger charge is 2.15. The summed E-state index contributed by atoms with van der Waals surface area (Å²) in [5.41, 5.74) is 0.385. The molecule has 0 bridgehead atoms. The van der Waals surface area contributed by atoms with Gasteiger partial charge in [0.05, 0.1) is 0 Å². The third-order valence-corrected chi connectivity index (χ3v) is 2.99. The third kappa shape index (κ3) is 2.45. The zero-order valence-electron chi connectivity index (χ0n) is 8.54. The number of benzene rings is 1. The Kier molecular flexibility index (Phi) is 2.86. The molecule has 17 heavy (non-hydrogen) atoms. The topological polar surface area (TPSA) is 85.9 Å². The van der Waals surface area contributed by atoms with Gasteiger partial charge in [0.25, 0.3) is 0 Å². The molecule has 2 aromatic rings. The lowest BCUT2D eigenvalue weighted by molar-refractivity contribution is 0.568. The summed E-state index contributed by atoms with van der Waals surface area (Å²) < 4.78 is 35.5. The first kappa shape index (κ1) is 11.6. The number of hydrogen-bond donors (Lipinski definition) is 1. The monoisotopic (exact) mass is 253 g/mol. The van der Waals surface area contributed by atoms with Gasteiger partial charge in [-0.15, -0.1) is 0 Å². The Balaban J connectivity index is 2.61. The molecule has 0 unspecified atom stereocenters. The molecule has 1 heterocycles. The molecular formula is C10H8FN3O2S. The van der Waals surface area contributed by atoms with Crippen LogP contribution in [0, 0.1) is 5.82 Å². The van der Waals surface area contributed by atoms with Crippen LogP contribution in [-0.4, -0.2) is 18.4 Å². The quantitative estimate of drug-likeness (QED) is 0.862. The lowest BCUT2D eigenvalue weighted by Gasteiger charge is -2.03. The SMILES string of the molecule is NS(=O)(=O)c1cc(-c2ncccn2)ccc1F. The van der Waals surface area contributed by atoms with Crippen molar-refractivity contribution in [1.82, 2.24) is 9.97 Å². The smallest absolute Gasteiger partial charge is 0.237 e. The summed E-state index contributed by atoms with van der Waals surface area (Å²) in [5, 5.41) is 4.90. The zero-order valence-corrected chi connectivity index (χ0v) is 9.36. The lowest BCUT2D eigenvalue weighted by atomic mass is 10.2. The predicted molar refractivity (Wildman–Crippen MR) is 58.8 cm³/mol. The summed E-state index contributed by atoms with van der Waals surface area (Å²) in [6.45, 7) is 0. The molecule has 0 aliphatic carbocycles. The molecule has 0 aliphatic heterocycles. The summed E-state index contributed by atoms with van der Waals surface area (Å²) in [6, 6.07) is 5.14. The van der Waals surface area contributed by atoms with Crippen LogP contribution in [0.15, 0.2) is 41.6 Å². The Hall–Kier alpha value is -1.86. The molecule has 1 aromatic heterocycles. The molecule has 0 spiro atoms. The largest absolute Gasteiger partial charge is 0.240 e. The summed E-state index contributed by atoms with van der Waals surface area (Å²) in [5.74, 6) is -0.593. The average molecular weight is 253 g/mol. The highest BCUT2D eigenvalue weighted by atomic mass is 32.2. The highest BCUT2D eigenvalue weighted by Crippen LogP contribution is 2.20. The van der Waals surface area contributed by atoms with Crippen LogP contribution in [0.2, 0.25) is 0 Å². The molecule has 0 amide bonds. The van der Waals surface area contributed by atoms with Crippen molar-refractivity contribution in [3.63, 3.8) is 0 Å². The second-order valence-electron chi connectivity index (χ2n) is 3.26. The Morgan fingerprint density at radius 3 is 2.41 bits per heavy atom. The van der Waals surface area contributed by atoms with Crippen LogP contribution in [-0.2, 0) is 10.0 Å². The van der Waals surface area contributed by atoms with E-state index in [1.165, 1.54) is 18.5 Å². The molecule has 0 fully saturated rings. The number of sulfonamides is 1. The molecule has 5 nitrogen and oxygen atoms in total. The summed E-state index contributed by atoms with van der Waals surface area (Å²) in [7, 11) is -4.09. The molecular weight excluding hydrogens is 245 g/mol. The van der Waals surface area contributed by atoms with E-state index in [1.807, 2.05) is 0 Å². The number of rotatable bonds is 2. The van der Waals surface area contributed by atoms with Crippen molar-refractivity contribution in [1.29, 1.82) is 0 Å². The van der Waals surface area contributed by atoms with Crippen molar-refractivity contribution in [3.8, 4) is 11.4 Å². The Bertz CT molecular complexity index is 644. The van der Waals surface area contributed by atoms with E-state index in [0.717, 1.165) is 12.1 Å². The molecule has 7 heteroatoms. The van der Waals surface area contributed by atoms with Gasteiger partial charge in [0, 0.05) is 18.0 Å². The Labute approximate surface area is 97.2 Å². The summed E-state index contributed by atoms with van der Waals surface area (Å²) >= 11 is 0. The normalized spacial score (nSPS) is 11.4. The van der Waals surface area contributed by atoms with Crippen LogP contribution in [0.25, 0.3) is 11.4 Å². The fraction of sp³-hybridized carbons (Fsp3) is 0. The second-order valence-corrected chi connectivity index (χ2v) is 4.79. The van der Waals surface area contributed by atoms with Crippen molar-refractivity contribution >= 4 is 10.0 Å². The molecule has 2 rings (SSSR count). The minimum atomic E-state index is -4.09. The van der Waals surface area contributed by atoms with Gasteiger partial charge >= 0.3 is 0 Å². The maximum atomic E-state index is 13.3. The maximum absolute atomic E-state index is 13.3. The van der Waals surface area contributed by atoms with Crippen LogP contribution in [0.1, 0.15) is 0 Å². The van der Waals surface area contributed by atoms with Gasteiger partial charge in [-0.2, -0.15) is 0 Å². The number of nitrogens with zero attached hydrogens (tertiary/aromatic N) is 2. The molecule has 0 aliphatic rings. The standard InChI is InChI=1S/C10H8FN3O2S/c11-8-3-2-7(6-9(8)17(12,15)16)10-13-4-1-5-14-10/h1-6H,(H2,12,15,16). The number of primary sulfonamides is 1. The molecule has 1 aromatic carbocycles. The lowest BCUT2D eigenvalue weighted by Crippen LogP contribution is -2.14. The van der Waals surface area contributed by atoms with Gasteiger partial charge in [-0.05, 0) is 24.3 Å². The minimum Gasteiger partial charge on any atom is -0.237 e. The Morgan fingerprint density at radius 2 is 1.82 bits per heavy atom. The van der Waals surface area contributed by atoms with Crippen LogP contribution >= 0.6 is 0 Å². The van der Waals surface area contributed by atoms with E-state index in [4.69, 9.17) is 5.14 Å². The van der Waals surface area contributed by atoms with E-state index in [1.54, 1.807) is 6.07 Å². The number of halogens is 1. The van der Waals surface area contributed by atoms with Gasteiger partial charge in [0.1, 0.15) is 10.7 Å². The van der Waals surface area contributed by atoms with Crippen molar-refractivity contribution < 1.29 is 12.8 Å². The fourth-order valence-corrected chi connectivity index (χ4v) is 1.94. The van der Waals surface area contributed by atoms with E-state index >= 15 is 0 Å². The third-order valence-electron chi connectivity index (χ3n) is 2.06. The first-order valence-electron chi connectivity index (χ1n) is 4.58. The minimum absolute atomic E-state index is 0.303.